The monoisotopic (exact) mass is 523 g/mol. The van der Waals surface area contributed by atoms with E-state index in [1.807, 2.05) is 67.8 Å². The summed E-state index contributed by atoms with van der Waals surface area (Å²) in [6, 6.07) is 14.0. The molecule has 10 heteroatoms. The van der Waals surface area contributed by atoms with Gasteiger partial charge in [-0.3, -0.25) is 9.36 Å². The lowest BCUT2D eigenvalue weighted by atomic mass is 10.1. The van der Waals surface area contributed by atoms with E-state index >= 15 is 0 Å². The third-order valence-electron chi connectivity index (χ3n) is 7.07. The Morgan fingerprint density at radius 2 is 1.85 bits per heavy atom. The van der Waals surface area contributed by atoms with Crippen LogP contribution >= 0.6 is 0 Å². The third-order valence-corrected chi connectivity index (χ3v) is 7.07. The second kappa shape index (κ2) is 9.55. The van der Waals surface area contributed by atoms with Gasteiger partial charge in [0.25, 0.3) is 5.91 Å². The van der Waals surface area contributed by atoms with Crippen LogP contribution < -0.4 is 15.8 Å². The van der Waals surface area contributed by atoms with Gasteiger partial charge < -0.3 is 20.5 Å². The van der Waals surface area contributed by atoms with E-state index in [-0.39, 0.29) is 11.7 Å². The lowest BCUT2D eigenvalue weighted by Gasteiger charge is -2.18. The molecule has 0 bridgehead atoms. The number of nitrogens with two attached hydrogens (primary N) is 1. The van der Waals surface area contributed by atoms with Gasteiger partial charge in [0.15, 0.2) is 5.65 Å². The number of benzene rings is 2. The summed E-state index contributed by atoms with van der Waals surface area (Å²) in [6.45, 7) is 7.19. The summed E-state index contributed by atoms with van der Waals surface area (Å²) in [6.07, 6.45) is 1.71. The van der Waals surface area contributed by atoms with Crippen LogP contribution in [0.3, 0.4) is 0 Å². The number of amides is 1. The maximum atomic E-state index is 13.7. The number of carbonyl (C=O) groups excluding carboxylic acids is 1. The number of ether oxygens (including phenoxy) is 2. The maximum Gasteiger partial charge on any atom is 0.261 e. The lowest BCUT2D eigenvalue weighted by Crippen LogP contribution is -2.18. The minimum Gasteiger partial charge on any atom is -0.489 e. The van der Waals surface area contributed by atoms with E-state index in [1.54, 1.807) is 18.0 Å². The molecular weight excluding hydrogens is 494 g/mol. The molecule has 0 radical (unpaired) electrons. The van der Waals surface area contributed by atoms with E-state index in [9.17, 15) is 4.79 Å². The Kier molecular flexibility index (Phi) is 6.03. The van der Waals surface area contributed by atoms with Crippen LogP contribution in [0.4, 0.5) is 11.6 Å². The van der Waals surface area contributed by atoms with E-state index in [1.165, 1.54) is 0 Å². The highest BCUT2D eigenvalue weighted by molar-refractivity contribution is 6.22. The number of rotatable bonds is 7. The zero-order valence-electron chi connectivity index (χ0n) is 22.3. The number of aryl methyl sites for hydroxylation is 2. The number of hydrogen-bond acceptors (Lipinski definition) is 7. The third kappa shape index (κ3) is 4.00. The van der Waals surface area contributed by atoms with Crippen molar-refractivity contribution in [1.29, 1.82) is 0 Å². The van der Waals surface area contributed by atoms with Crippen LogP contribution in [0.25, 0.3) is 28.0 Å². The van der Waals surface area contributed by atoms with E-state index in [2.05, 4.69) is 10.4 Å². The minimum atomic E-state index is -0.338. The van der Waals surface area contributed by atoms with Crippen molar-refractivity contribution in [3.8, 4) is 22.7 Å². The average molecular weight is 524 g/mol. The van der Waals surface area contributed by atoms with E-state index in [4.69, 9.17) is 25.2 Å². The number of aromatic nitrogens is 5. The Labute approximate surface area is 225 Å². The van der Waals surface area contributed by atoms with Crippen molar-refractivity contribution in [1.82, 2.24) is 24.3 Å². The molecule has 198 valence electrons. The molecule has 5 aromatic rings. The Hall–Kier alpha value is -4.70. The summed E-state index contributed by atoms with van der Waals surface area (Å²) in [4.78, 5) is 23.2. The first-order valence-corrected chi connectivity index (χ1v) is 12.7. The van der Waals surface area contributed by atoms with Gasteiger partial charge in [-0.25, -0.2) is 14.6 Å². The first kappa shape index (κ1) is 24.6. The van der Waals surface area contributed by atoms with Crippen LogP contribution in [-0.2, 0) is 17.9 Å². The highest BCUT2D eigenvalue weighted by Crippen LogP contribution is 2.43. The molecule has 0 unspecified atom stereocenters. The standard InChI is InChI=1S/C29H29N7O3/c1-16-10-11-21(39-15-19-8-6-5-7-9-19)17(2)25(16)36-26(30)23-22-24(32-18(3)33-28(22)36)20-14-31-35(12-13-38-4)27(20)34-29(23)37/h5-11,14H,12-13,15,30H2,1-4H3,(H,34,37). The Bertz CT molecular complexity index is 1740. The SMILES string of the molecule is COCCn1ncc2c1NC(=O)c1c(N)n(-c3c(C)ccc(OCc4ccccc4)c3C)c3nc(C)nc-2c13. The number of nitrogen functional groups attached to an aromatic ring is 1. The molecule has 6 rings (SSSR count). The van der Waals surface area contributed by atoms with Crippen molar-refractivity contribution < 1.29 is 14.3 Å². The molecule has 1 aliphatic heterocycles. The predicted molar refractivity (Wildman–Crippen MR) is 149 cm³/mol. The molecule has 0 aliphatic carbocycles. The average Bonchev–Trinajstić information content (AvgIpc) is 3.41. The Morgan fingerprint density at radius 1 is 1.05 bits per heavy atom. The lowest BCUT2D eigenvalue weighted by molar-refractivity contribution is 0.102. The van der Waals surface area contributed by atoms with E-state index in [0.29, 0.717) is 59.3 Å². The van der Waals surface area contributed by atoms with Gasteiger partial charge in [-0.2, -0.15) is 5.10 Å². The largest absolute Gasteiger partial charge is 0.489 e. The number of methoxy groups -OCH3 is 1. The predicted octanol–water partition coefficient (Wildman–Crippen LogP) is 4.58. The maximum absolute atomic E-state index is 13.7. The van der Waals surface area contributed by atoms with Crippen LogP contribution in [0.5, 0.6) is 5.75 Å². The molecule has 39 heavy (non-hydrogen) atoms. The Morgan fingerprint density at radius 3 is 2.62 bits per heavy atom. The molecule has 0 atom stereocenters. The second-order valence-corrected chi connectivity index (χ2v) is 9.62. The molecular formula is C29H29N7O3. The molecule has 0 fully saturated rings. The van der Waals surface area contributed by atoms with E-state index in [0.717, 1.165) is 28.1 Å². The Balaban J connectivity index is 1.54. The number of nitrogens with one attached hydrogen (secondary N) is 1. The number of anilines is 2. The fourth-order valence-corrected chi connectivity index (χ4v) is 5.22. The van der Waals surface area contributed by atoms with Crippen molar-refractivity contribution >= 4 is 28.6 Å². The first-order valence-electron chi connectivity index (χ1n) is 12.7. The molecule has 4 heterocycles. The fraction of sp³-hybridized carbons (Fsp3) is 0.241. The van der Waals surface area contributed by atoms with E-state index < -0.39 is 0 Å². The second-order valence-electron chi connectivity index (χ2n) is 9.62. The van der Waals surface area contributed by atoms with Crippen molar-refractivity contribution in [2.45, 2.75) is 33.9 Å². The van der Waals surface area contributed by atoms with Gasteiger partial charge in [-0.05, 0) is 38.0 Å². The number of hydrogen-bond donors (Lipinski definition) is 2. The number of carbonyl (C=O) groups is 1. The summed E-state index contributed by atoms with van der Waals surface area (Å²) in [7, 11) is 1.62. The van der Waals surface area contributed by atoms with Crippen LogP contribution in [0.2, 0.25) is 0 Å². The molecule has 0 saturated heterocycles. The molecule has 2 aromatic carbocycles. The molecule has 10 nitrogen and oxygen atoms in total. The van der Waals surface area contributed by atoms with Gasteiger partial charge >= 0.3 is 0 Å². The van der Waals surface area contributed by atoms with Gasteiger partial charge in [0.1, 0.15) is 29.8 Å². The topological polar surface area (TPSA) is 122 Å². The zero-order valence-corrected chi connectivity index (χ0v) is 22.3. The van der Waals surface area contributed by atoms with Gasteiger partial charge in [0, 0.05) is 12.7 Å². The molecule has 1 amide bonds. The molecule has 0 spiro atoms. The van der Waals surface area contributed by atoms with Crippen LogP contribution in [0, 0.1) is 20.8 Å². The van der Waals surface area contributed by atoms with Crippen molar-refractivity contribution in [2.75, 3.05) is 24.8 Å². The summed E-state index contributed by atoms with van der Waals surface area (Å²) in [5.41, 5.74) is 12.8. The highest BCUT2D eigenvalue weighted by Gasteiger charge is 2.33. The highest BCUT2D eigenvalue weighted by atomic mass is 16.5. The first-order chi connectivity index (χ1) is 18.9. The summed E-state index contributed by atoms with van der Waals surface area (Å²) in [5.74, 6) is 1.79. The van der Waals surface area contributed by atoms with Crippen molar-refractivity contribution in [3.05, 3.63) is 76.7 Å². The number of nitrogens with zero attached hydrogens (tertiary/aromatic N) is 5. The number of fused-ring (bicyclic) bond motifs is 2. The zero-order chi connectivity index (χ0) is 27.3. The van der Waals surface area contributed by atoms with Gasteiger partial charge in [0.05, 0.1) is 47.2 Å². The van der Waals surface area contributed by atoms with Crippen molar-refractivity contribution in [3.63, 3.8) is 0 Å². The summed E-state index contributed by atoms with van der Waals surface area (Å²) in [5, 5.41) is 8.08. The van der Waals surface area contributed by atoms with Gasteiger partial charge in [-0.1, -0.05) is 36.4 Å². The quantitative estimate of drug-likeness (QED) is 0.320. The van der Waals surface area contributed by atoms with Crippen LogP contribution in [0.15, 0.2) is 48.7 Å². The fourth-order valence-electron chi connectivity index (χ4n) is 5.22. The van der Waals surface area contributed by atoms with Crippen LogP contribution in [-0.4, -0.2) is 43.9 Å². The van der Waals surface area contributed by atoms with Crippen molar-refractivity contribution in [2.24, 2.45) is 0 Å². The summed E-state index contributed by atoms with van der Waals surface area (Å²) >= 11 is 0. The van der Waals surface area contributed by atoms with Gasteiger partial charge in [0.2, 0.25) is 0 Å². The summed E-state index contributed by atoms with van der Waals surface area (Å²) < 4.78 is 15.0. The molecule has 3 aromatic heterocycles. The minimum absolute atomic E-state index is 0.289. The molecule has 0 saturated carbocycles. The molecule has 1 aliphatic rings. The van der Waals surface area contributed by atoms with Crippen LogP contribution in [0.1, 0.15) is 32.9 Å². The molecule has 3 N–H and O–H groups in total. The van der Waals surface area contributed by atoms with Gasteiger partial charge in [-0.15, -0.1) is 0 Å². The normalized spacial score (nSPS) is 12.4. The smallest absolute Gasteiger partial charge is 0.261 e.